The molecule has 0 spiro atoms. The highest BCUT2D eigenvalue weighted by Crippen LogP contribution is 2.27. The molecule has 1 N–H and O–H groups in total. The second kappa shape index (κ2) is 8.02. The third kappa shape index (κ3) is 4.30. The summed E-state index contributed by atoms with van der Waals surface area (Å²) in [4.78, 5) is 10.0. The summed E-state index contributed by atoms with van der Waals surface area (Å²) in [5.41, 5.74) is 0.773. The maximum Gasteiger partial charge on any atom is 0.289 e. The predicted octanol–water partition coefficient (Wildman–Crippen LogP) is 2.29. The Hall–Kier alpha value is -2.55. The Bertz CT molecular complexity index is 866. The fourth-order valence-corrected chi connectivity index (χ4v) is 3.92. The number of sulfonamides is 1. The lowest BCUT2D eigenvalue weighted by Gasteiger charge is -2.22. The van der Waals surface area contributed by atoms with Gasteiger partial charge in [-0.15, -0.1) is 0 Å². The Kier molecular flexibility index (Phi) is 6.02. The molecule has 0 aromatic heterocycles. The van der Waals surface area contributed by atoms with Crippen LogP contribution in [0.4, 0.5) is 5.69 Å². The molecule has 0 amide bonds. The third-order valence-corrected chi connectivity index (χ3v) is 5.47. The summed E-state index contributed by atoms with van der Waals surface area (Å²) < 4.78 is 26.8. The Labute approximate surface area is 146 Å². The number of benzene rings is 2. The van der Waals surface area contributed by atoms with Crippen molar-refractivity contribution in [3.8, 4) is 0 Å². The average Bonchev–Trinajstić information content (AvgIpc) is 2.62. The van der Waals surface area contributed by atoms with Gasteiger partial charge in [-0.05, 0) is 17.2 Å². The molecule has 0 radical (unpaired) electrons. The standard InChI is InChI=1S/C17H18N2O5S/c1-14(15-7-3-2-4-8-15)13-18(11-12-20)25(23,24)17-10-6-5-9-16(17)19(21)22/h2-10,20H,1,11-13H2. The van der Waals surface area contributed by atoms with Gasteiger partial charge in [-0.3, -0.25) is 10.1 Å². The first-order valence-corrected chi connectivity index (χ1v) is 8.89. The molecule has 0 heterocycles. The number of nitro benzene ring substituents is 1. The van der Waals surface area contributed by atoms with Crippen molar-refractivity contribution in [2.75, 3.05) is 19.7 Å². The predicted molar refractivity (Wildman–Crippen MR) is 94.4 cm³/mol. The van der Waals surface area contributed by atoms with Gasteiger partial charge in [-0.2, -0.15) is 4.31 Å². The molecular formula is C17H18N2O5S. The maximum atomic E-state index is 12.9. The maximum absolute atomic E-state index is 12.9. The van der Waals surface area contributed by atoms with Crippen LogP contribution in [0.5, 0.6) is 0 Å². The third-order valence-electron chi connectivity index (χ3n) is 3.58. The number of nitro groups is 1. The summed E-state index contributed by atoms with van der Waals surface area (Å²) in [6.07, 6.45) is 0. The molecule has 0 fully saturated rings. The highest BCUT2D eigenvalue weighted by atomic mass is 32.2. The minimum Gasteiger partial charge on any atom is -0.395 e. The number of aliphatic hydroxyl groups excluding tert-OH is 1. The van der Waals surface area contributed by atoms with Crippen molar-refractivity contribution in [2.45, 2.75) is 4.90 Å². The molecule has 132 valence electrons. The van der Waals surface area contributed by atoms with Crippen LogP contribution in [0.15, 0.2) is 66.1 Å². The van der Waals surface area contributed by atoms with Crippen LogP contribution in [0, 0.1) is 10.1 Å². The van der Waals surface area contributed by atoms with Crippen molar-refractivity contribution in [3.05, 3.63) is 76.9 Å². The molecule has 0 unspecified atom stereocenters. The monoisotopic (exact) mass is 362 g/mol. The Balaban J connectivity index is 2.39. The molecule has 0 aliphatic rings. The van der Waals surface area contributed by atoms with Crippen LogP contribution in [0.3, 0.4) is 0 Å². The molecule has 0 saturated heterocycles. The number of para-hydroxylation sites is 1. The van der Waals surface area contributed by atoms with Crippen molar-refractivity contribution >= 4 is 21.3 Å². The lowest BCUT2D eigenvalue weighted by molar-refractivity contribution is -0.387. The number of aliphatic hydroxyl groups is 1. The smallest absolute Gasteiger partial charge is 0.289 e. The molecule has 0 bridgehead atoms. The van der Waals surface area contributed by atoms with Crippen LogP contribution in [-0.4, -0.2) is 42.4 Å². The van der Waals surface area contributed by atoms with Crippen LogP contribution >= 0.6 is 0 Å². The largest absolute Gasteiger partial charge is 0.395 e. The summed E-state index contributed by atoms with van der Waals surface area (Å²) >= 11 is 0. The molecule has 0 aliphatic heterocycles. The highest BCUT2D eigenvalue weighted by Gasteiger charge is 2.31. The van der Waals surface area contributed by atoms with Crippen LogP contribution in [0.25, 0.3) is 5.57 Å². The number of nitrogens with zero attached hydrogens (tertiary/aromatic N) is 2. The van der Waals surface area contributed by atoms with Crippen molar-refractivity contribution in [1.82, 2.24) is 4.31 Å². The second-order valence-electron chi connectivity index (χ2n) is 5.26. The summed E-state index contributed by atoms with van der Waals surface area (Å²) in [5.74, 6) is 0. The van der Waals surface area contributed by atoms with E-state index in [1.165, 1.54) is 18.2 Å². The van der Waals surface area contributed by atoms with Crippen molar-refractivity contribution in [2.24, 2.45) is 0 Å². The average molecular weight is 362 g/mol. The lowest BCUT2D eigenvalue weighted by atomic mass is 10.1. The van der Waals surface area contributed by atoms with Gasteiger partial charge in [-0.1, -0.05) is 49.0 Å². The van der Waals surface area contributed by atoms with Gasteiger partial charge in [-0.25, -0.2) is 8.42 Å². The Morgan fingerprint density at radius 1 is 1.12 bits per heavy atom. The molecule has 7 nitrogen and oxygen atoms in total. The molecule has 2 aromatic rings. The zero-order valence-electron chi connectivity index (χ0n) is 13.4. The Morgan fingerprint density at radius 2 is 1.72 bits per heavy atom. The van der Waals surface area contributed by atoms with E-state index >= 15 is 0 Å². The van der Waals surface area contributed by atoms with Gasteiger partial charge in [0.15, 0.2) is 4.90 Å². The minimum atomic E-state index is -4.17. The van der Waals surface area contributed by atoms with Gasteiger partial charge in [0.1, 0.15) is 0 Å². The van der Waals surface area contributed by atoms with Crippen LogP contribution in [0.2, 0.25) is 0 Å². The summed E-state index contributed by atoms with van der Waals surface area (Å²) in [5, 5.41) is 20.4. The molecule has 0 aliphatic carbocycles. The van der Waals surface area contributed by atoms with Crippen LogP contribution in [0.1, 0.15) is 5.56 Å². The lowest BCUT2D eigenvalue weighted by Crippen LogP contribution is -2.35. The molecule has 2 rings (SSSR count). The quantitative estimate of drug-likeness (QED) is 0.573. The zero-order valence-corrected chi connectivity index (χ0v) is 14.2. The summed E-state index contributed by atoms with van der Waals surface area (Å²) in [6.45, 7) is 3.20. The topological polar surface area (TPSA) is 101 Å². The van der Waals surface area contributed by atoms with Crippen LogP contribution < -0.4 is 0 Å². The molecule has 2 aromatic carbocycles. The van der Waals surface area contributed by atoms with Gasteiger partial charge >= 0.3 is 0 Å². The van der Waals surface area contributed by atoms with Gasteiger partial charge in [0.25, 0.3) is 5.69 Å². The highest BCUT2D eigenvalue weighted by molar-refractivity contribution is 7.89. The van der Waals surface area contributed by atoms with Crippen molar-refractivity contribution in [1.29, 1.82) is 0 Å². The normalized spacial score (nSPS) is 11.4. The van der Waals surface area contributed by atoms with Gasteiger partial charge in [0, 0.05) is 19.2 Å². The van der Waals surface area contributed by atoms with E-state index in [9.17, 15) is 23.6 Å². The first-order chi connectivity index (χ1) is 11.9. The van der Waals surface area contributed by atoms with E-state index in [4.69, 9.17) is 0 Å². The SMILES string of the molecule is C=C(CN(CCO)S(=O)(=O)c1ccccc1[N+](=O)[O-])c1ccccc1. The molecule has 0 atom stereocenters. The van der Waals surface area contributed by atoms with E-state index in [1.807, 2.05) is 6.07 Å². The second-order valence-corrected chi connectivity index (χ2v) is 7.16. The van der Waals surface area contributed by atoms with E-state index in [-0.39, 0.29) is 13.1 Å². The molecular weight excluding hydrogens is 344 g/mol. The van der Waals surface area contributed by atoms with E-state index in [2.05, 4.69) is 6.58 Å². The molecule has 0 saturated carbocycles. The zero-order chi connectivity index (χ0) is 18.4. The summed E-state index contributed by atoms with van der Waals surface area (Å²) in [6, 6.07) is 14.1. The van der Waals surface area contributed by atoms with Gasteiger partial charge in [0.2, 0.25) is 10.0 Å². The fourth-order valence-electron chi connectivity index (χ4n) is 2.34. The van der Waals surface area contributed by atoms with E-state index in [1.54, 1.807) is 24.3 Å². The van der Waals surface area contributed by atoms with Crippen LogP contribution in [-0.2, 0) is 10.0 Å². The van der Waals surface area contributed by atoms with E-state index < -0.39 is 32.1 Å². The van der Waals surface area contributed by atoms with Gasteiger partial charge < -0.3 is 5.11 Å². The Morgan fingerprint density at radius 3 is 2.32 bits per heavy atom. The molecule has 25 heavy (non-hydrogen) atoms. The molecule has 8 heteroatoms. The fraction of sp³-hybridized carbons (Fsp3) is 0.176. The van der Waals surface area contributed by atoms with E-state index in [0.717, 1.165) is 15.9 Å². The first kappa shape index (κ1) is 18.8. The first-order valence-electron chi connectivity index (χ1n) is 7.45. The number of hydrogen-bond donors (Lipinski definition) is 1. The minimum absolute atomic E-state index is 0.0844. The number of hydrogen-bond acceptors (Lipinski definition) is 5. The summed E-state index contributed by atoms with van der Waals surface area (Å²) in [7, 11) is -4.17. The van der Waals surface area contributed by atoms with Crippen molar-refractivity contribution in [3.63, 3.8) is 0 Å². The number of rotatable bonds is 8. The van der Waals surface area contributed by atoms with Crippen molar-refractivity contribution < 1.29 is 18.4 Å². The van der Waals surface area contributed by atoms with Gasteiger partial charge in [0.05, 0.1) is 11.5 Å². The van der Waals surface area contributed by atoms with E-state index in [0.29, 0.717) is 5.57 Å².